The summed E-state index contributed by atoms with van der Waals surface area (Å²) in [4.78, 5) is 11.2. The molecule has 0 aliphatic heterocycles. The van der Waals surface area contributed by atoms with Gasteiger partial charge in [-0.05, 0) is 12.8 Å². The molecule has 0 aliphatic rings. The van der Waals surface area contributed by atoms with Crippen LogP contribution in [0.1, 0.15) is 26.7 Å². The van der Waals surface area contributed by atoms with Gasteiger partial charge in [-0.15, -0.1) is 11.6 Å². The smallest absolute Gasteiger partial charge is 0.355 e. The average molecular weight is 328 g/mol. The standard InChI is InChI=1S/C11H16ClF6NO/c1-3-9(4-2,5-12)6-19-8(20)7(10(13,14)15)11(16,17)18/h7H,3-6H2,1-2H3,(H,19,20). The Hall–Kier alpha value is -0.660. The number of halogens is 7. The molecule has 20 heavy (non-hydrogen) atoms. The summed E-state index contributed by atoms with van der Waals surface area (Å²) in [5, 5.41) is 1.73. The predicted molar refractivity (Wildman–Crippen MR) is 62.3 cm³/mol. The summed E-state index contributed by atoms with van der Waals surface area (Å²) in [6.07, 6.45) is -10.5. The fourth-order valence-corrected chi connectivity index (χ4v) is 2.07. The molecule has 0 spiro atoms. The van der Waals surface area contributed by atoms with Gasteiger partial charge in [-0.1, -0.05) is 13.8 Å². The Labute approximate surface area is 117 Å². The quantitative estimate of drug-likeness (QED) is 0.582. The summed E-state index contributed by atoms with van der Waals surface area (Å²) in [6, 6.07) is 0. The molecule has 0 aromatic heterocycles. The minimum Gasteiger partial charge on any atom is -0.355 e. The largest absolute Gasteiger partial charge is 0.409 e. The van der Waals surface area contributed by atoms with Crippen LogP contribution in [-0.4, -0.2) is 30.7 Å². The van der Waals surface area contributed by atoms with E-state index in [2.05, 4.69) is 0 Å². The summed E-state index contributed by atoms with van der Waals surface area (Å²) < 4.78 is 74.0. The SMILES string of the molecule is CCC(CC)(CCl)CNC(=O)C(C(F)(F)F)C(F)(F)F. The lowest BCUT2D eigenvalue weighted by Gasteiger charge is -2.31. The Kier molecular flexibility index (Phi) is 6.64. The molecule has 0 unspecified atom stereocenters. The van der Waals surface area contributed by atoms with Gasteiger partial charge in [0, 0.05) is 17.8 Å². The number of amides is 1. The lowest BCUT2D eigenvalue weighted by Crippen LogP contribution is -2.50. The summed E-state index contributed by atoms with van der Waals surface area (Å²) >= 11 is 5.67. The van der Waals surface area contributed by atoms with Crippen molar-refractivity contribution in [2.24, 2.45) is 11.3 Å². The molecule has 0 aromatic rings. The second kappa shape index (κ2) is 6.87. The number of hydrogen-bond acceptors (Lipinski definition) is 1. The van der Waals surface area contributed by atoms with Crippen LogP contribution in [0.2, 0.25) is 0 Å². The van der Waals surface area contributed by atoms with Gasteiger partial charge in [-0.2, -0.15) is 26.3 Å². The van der Waals surface area contributed by atoms with Crippen molar-refractivity contribution in [2.45, 2.75) is 39.0 Å². The maximum absolute atomic E-state index is 12.3. The van der Waals surface area contributed by atoms with E-state index in [0.29, 0.717) is 12.8 Å². The zero-order chi connectivity index (χ0) is 16.2. The molecule has 9 heteroatoms. The fraction of sp³-hybridized carbons (Fsp3) is 0.909. The zero-order valence-corrected chi connectivity index (χ0v) is 11.7. The van der Waals surface area contributed by atoms with Crippen molar-refractivity contribution >= 4 is 17.5 Å². The number of hydrogen-bond donors (Lipinski definition) is 1. The van der Waals surface area contributed by atoms with E-state index >= 15 is 0 Å². The van der Waals surface area contributed by atoms with Gasteiger partial charge in [0.15, 0.2) is 0 Å². The van der Waals surface area contributed by atoms with Crippen LogP contribution in [0, 0.1) is 11.3 Å². The molecule has 0 aromatic carbocycles. The molecule has 0 saturated carbocycles. The lowest BCUT2D eigenvalue weighted by molar-refractivity contribution is -0.274. The van der Waals surface area contributed by atoms with Crippen molar-refractivity contribution in [2.75, 3.05) is 12.4 Å². The van der Waals surface area contributed by atoms with E-state index in [9.17, 15) is 31.1 Å². The van der Waals surface area contributed by atoms with Crippen molar-refractivity contribution in [3.05, 3.63) is 0 Å². The number of nitrogens with one attached hydrogen (secondary N) is 1. The highest BCUT2D eigenvalue weighted by molar-refractivity contribution is 6.18. The molecule has 0 saturated heterocycles. The van der Waals surface area contributed by atoms with Crippen LogP contribution in [0.15, 0.2) is 0 Å². The van der Waals surface area contributed by atoms with Crippen LogP contribution in [0.4, 0.5) is 26.3 Å². The van der Waals surface area contributed by atoms with Crippen LogP contribution >= 0.6 is 11.6 Å². The average Bonchev–Trinajstić information content (AvgIpc) is 2.27. The fourth-order valence-electron chi connectivity index (χ4n) is 1.60. The van der Waals surface area contributed by atoms with E-state index in [-0.39, 0.29) is 12.4 Å². The third kappa shape index (κ3) is 5.03. The molecule has 0 radical (unpaired) electrons. The minimum absolute atomic E-state index is 0.0307. The number of carbonyl (C=O) groups is 1. The lowest BCUT2D eigenvalue weighted by atomic mass is 9.84. The molecule has 0 heterocycles. The first-order chi connectivity index (χ1) is 8.93. The van der Waals surface area contributed by atoms with Gasteiger partial charge in [0.1, 0.15) is 0 Å². The summed E-state index contributed by atoms with van der Waals surface area (Å²) in [6.45, 7) is 3.07. The van der Waals surface area contributed by atoms with Gasteiger partial charge in [0.05, 0.1) is 0 Å². The van der Waals surface area contributed by atoms with Crippen LogP contribution in [0.3, 0.4) is 0 Å². The highest BCUT2D eigenvalue weighted by Crippen LogP contribution is 2.39. The monoisotopic (exact) mass is 327 g/mol. The van der Waals surface area contributed by atoms with Crippen molar-refractivity contribution < 1.29 is 31.1 Å². The molecule has 0 fully saturated rings. The molecule has 1 N–H and O–H groups in total. The van der Waals surface area contributed by atoms with Gasteiger partial charge in [0.25, 0.3) is 0 Å². The Morgan fingerprint density at radius 2 is 1.45 bits per heavy atom. The van der Waals surface area contributed by atoms with Crippen LogP contribution < -0.4 is 5.32 Å². The molecular formula is C11H16ClF6NO. The van der Waals surface area contributed by atoms with Crippen molar-refractivity contribution in [1.82, 2.24) is 5.32 Å². The topological polar surface area (TPSA) is 29.1 Å². The first kappa shape index (κ1) is 19.3. The maximum Gasteiger partial charge on any atom is 0.409 e. The molecule has 2 nitrogen and oxygen atoms in total. The number of rotatable bonds is 6. The molecule has 0 atom stereocenters. The zero-order valence-electron chi connectivity index (χ0n) is 11.0. The minimum atomic E-state index is -5.68. The van der Waals surface area contributed by atoms with E-state index in [1.54, 1.807) is 19.2 Å². The van der Waals surface area contributed by atoms with E-state index in [1.165, 1.54) is 0 Å². The summed E-state index contributed by atoms with van der Waals surface area (Å²) in [5.74, 6) is -6.08. The van der Waals surface area contributed by atoms with Gasteiger partial charge in [-0.25, -0.2) is 0 Å². The first-order valence-corrected chi connectivity index (χ1v) is 6.44. The Morgan fingerprint density at radius 1 is 1.05 bits per heavy atom. The number of carbonyl (C=O) groups excluding carboxylic acids is 1. The third-order valence-electron chi connectivity index (χ3n) is 3.34. The normalized spacial score (nSPS) is 13.7. The molecule has 120 valence electrons. The Morgan fingerprint density at radius 3 is 1.70 bits per heavy atom. The second-order valence-corrected chi connectivity index (χ2v) is 4.84. The van der Waals surface area contributed by atoms with Crippen molar-refractivity contribution in [3.8, 4) is 0 Å². The van der Waals surface area contributed by atoms with E-state index in [0.717, 1.165) is 0 Å². The molecule has 0 aliphatic carbocycles. The molecule has 0 rings (SSSR count). The molecule has 1 amide bonds. The van der Waals surface area contributed by atoms with E-state index in [1.807, 2.05) is 0 Å². The summed E-state index contributed by atoms with van der Waals surface area (Å²) in [5.41, 5.74) is -0.709. The summed E-state index contributed by atoms with van der Waals surface area (Å²) in [7, 11) is 0. The maximum atomic E-state index is 12.3. The van der Waals surface area contributed by atoms with Crippen LogP contribution in [0.25, 0.3) is 0 Å². The van der Waals surface area contributed by atoms with Gasteiger partial charge >= 0.3 is 12.4 Å². The molecule has 0 bridgehead atoms. The second-order valence-electron chi connectivity index (χ2n) is 4.57. The highest BCUT2D eigenvalue weighted by atomic mass is 35.5. The van der Waals surface area contributed by atoms with Gasteiger partial charge < -0.3 is 5.32 Å². The van der Waals surface area contributed by atoms with E-state index in [4.69, 9.17) is 11.6 Å². The molecular weight excluding hydrogens is 312 g/mol. The van der Waals surface area contributed by atoms with Crippen molar-refractivity contribution in [1.29, 1.82) is 0 Å². The van der Waals surface area contributed by atoms with Crippen LogP contribution in [-0.2, 0) is 4.79 Å². The van der Waals surface area contributed by atoms with E-state index < -0.39 is 29.6 Å². The van der Waals surface area contributed by atoms with Gasteiger partial charge in [-0.3, -0.25) is 4.79 Å². The Bertz CT molecular complexity index is 302. The number of alkyl halides is 7. The third-order valence-corrected chi connectivity index (χ3v) is 3.90. The first-order valence-electron chi connectivity index (χ1n) is 5.90. The highest BCUT2D eigenvalue weighted by Gasteiger charge is 2.61. The predicted octanol–water partition coefficient (Wildman–Crippen LogP) is 3.89. The van der Waals surface area contributed by atoms with Gasteiger partial charge in [0.2, 0.25) is 11.8 Å². The van der Waals surface area contributed by atoms with Crippen LogP contribution in [0.5, 0.6) is 0 Å². The Balaban J connectivity index is 4.97. The van der Waals surface area contributed by atoms with Crippen molar-refractivity contribution in [3.63, 3.8) is 0 Å².